The van der Waals surface area contributed by atoms with E-state index in [0.717, 1.165) is 31.2 Å². The van der Waals surface area contributed by atoms with Gasteiger partial charge in [0.05, 0.1) is 0 Å². The van der Waals surface area contributed by atoms with E-state index in [1.54, 1.807) is 43.3 Å². The van der Waals surface area contributed by atoms with Gasteiger partial charge >= 0.3 is 0 Å². The van der Waals surface area contributed by atoms with E-state index in [0.29, 0.717) is 16.7 Å². The monoisotopic (exact) mass is 412 g/mol. The van der Waals surface area contributed by atoms with Gasteiger partial charge in [0.15, 0.2) is 17.5 Å². The topological polar surface area (TPSA) is 9.23 Å². The molecule has 1 saturated carbocycles. The van der Waals surface area contributed by atoms with Gasteiger partial charge in [-0.1, -0.05) is 74.4 Å². The predicted molar refractivity (Wildman–Crippen MR) is 116 cm³/mol. The largest absolute Gasteiger partial charge is 0.486 e. The van der Waals surface area contributed by atoms with E-state index in [2.05, 4.69) is 13.2 Å². The first-order valence-electron chi connectivity index (χ1n) is 10.3. The lowest BCUT2D eigenvalue weighted by molar-refractivity contribution is 0.197. The third-order valence-corrected chi connectivity index (χ3v) is 5.47. The molecule has 1 fully saturated rings. The summed E-state index contributed by atoms with van der Waals surface area (Å²) >= 11 is 0. The Morgan fingerprint density at radius 3 is 2.30 bits per heavy atom. The molecule has 4 heteroatoms. The van der Waals surface area contributed by atoms with Crippen LogP contribution in [0.2, 0.25) is 0 Å². The molecule has 0 unspecified atom stereocenters. The van der Waals surface area contributed by atoms with E-state index in [1.807, 2.05) is 0 Å². The van der Waals surface area contributed by atoms with Crippen molar-refractivity contribution in [3.05, 3.63) is 95.6 Å². The van der Waals surface area contributed by atoms with Crippen LogP contribution in [0.1, 0.15) is 56.1 Å². The highest BCUT2D eigenvalue weighted by Crippen LogP contribution is 2.37. The molecular weight excluding hydrogens is 385 g/mol. The summed E-state index contributed by atoms with van der Waals surface area (Å²) < 4.78 is 48.7. The second-order valence-corrected chi connectivity index (χ2v) is 7.91. The van der Waals surface area contributed by atoms with Crippen LogP contribution in [0, 0.1) is 11.6 Å². The molecule has 0 heterocycles. The van der Waals surface area contributed by atoms with E-state index >= 15 is 0 Å². The average molecular weight is 412 g/mol. The summed E-state index contributed by atoms with van der Waals surface area (Å²) in [4.78, 5) is 0. The molecule has 0 saturated heterocycles. The fourth-order valence-electron chi connectivity index (χ4n) is 3.83. The first-order chi connectivity index (χ1) is 14.4. The van der Waals surface area contributed by atoms with E-state index in [9.17, 15) is 13.2 Å². The Bertz CT molecular complexity index is 951. The number of allylic oxidation sites excluding steroid dienone is 3. The molecule has 0 aromatic heterocycles. The summed E-state index contributed by atoms with van der Waals surface area (Å²) in [5.74, 6) is -2.08. The molecule has 30 heavy (non-hydrogen) atoms. The highest BCUT2D eigenvalue weighted by atomic mass is 19.2. The molecule has 0 N–H and O–H groups in total. The normalized spacial score (nSPS) is 15.1. The van der Waals surface area contributed by atoms with Crippen LogP contribution in [-0.2, 0) is 11.3 Å². The minimum absolute atomic E-state index is 0.0755. The standard InChI is InChI=1S/C26H27F3O/c1-17(2)15-24(27)18(3)30-16-19-9-11-21(12-10-19)23-14-13-22(25(28)26(23)29)20-7-5-4-6-8-20/h9-15,20H,1,3-8,16H2,2H3/b24-15+. The Labute approximate surface area is 176 Å². The van der Waals surface area contributed by atoms with Crippen LogP contribution in [0.15, 0.2) is 72.8 Å². The summed E-state index contributed by atoms with van der Waals surface area (Å²) in [6, 6.07) is 10.3. The SMILES string of the molecule is C=C(C)/C=C(/F)C(=C)OCc1ccc(-c2ccc(C3CCCCC3)c(F)c2F)cc1. The van der Waals surface area contributed by atoms with E-state index in [1.165, 1.54) is 12.5 Å². The molecule has 158 valence electrons. The molecule has 0 bridgehead atoms. The van der Waals surface area contributed by atoms with Crippen molar-refractivity contribution in [2.45, 2.75) is 51.6 Å². The lowest BCUT2D eigenvalue weighted by atomic mass is 9.83. The van der Waals surface area contributed by atoms with Crippen LogP contribution in [0.25, 0.3) is 11.1 Å². The van der Waals surface area contributed by atoms with Gasteiger partial charge in [0.25, 0.3) is 0 Å². The molecule has 0 amide bonds. The molecule has 3 rings (SSSR count). The van der Waals surface area contributed by atoms with E-state index in [-0.39, 0.29) is 23.8 Å². The van der Waals surface area contributed by atoms with Gasteiger partial charge < -0.3 is 4.74 Å². The summed E-state index contributed by atoms with van der Waals surface area (Å²) in [5, 5.41) is 0. The van der Waals surface area contributed by atoms with Crippen molar-refractivity contribution >= 4 is 0 Å². The van der Waals surface area contributed by atoms with Crippen LogP contribution in [0.4, 0.5) is 13.2 Å². The summed E-state index contributed by atoms with van der Waals surface area (Å²) in [5.41, 5.74) is 2.63. The fourth-order valence-corrected chi connectivity index (χ4v) is 3.83. The van der Waals surface area contributed by atoms with Gasteiger partial charge in [-0.25, -0.2) is 13.2 Å². The van der Waals surface area contributed by atoms with Crippen LogP contribution >= 0.6 is 0 Å². The number of benzene rings is 2. The number of hydrogen-bond donors (Lipinski definition) is 0. The molecule has 2 aromatic rings. The lowest BCUT2D eigenvalue weighted by Crippen LogP contribution is -2.08. The zero-order chi connectivity index (χ0) is 21.7. The molecule has 2 aromatic carbocycles. The molecule has 1 nitrogen and oxygen atoms in total. The minimum atomic E-state index is -0.803. The van der Waals surface area contributed by atoms with Gasteiger partial charge in [-0.05, 0) is 48.4 Å². The van der Waals surface area contributed by atoms with Crippen molar-refractivity contribution < 1.29 is 17.9 Å². The highest BCUT2D eigenvalue weighted by molar-refractivity contribution is 5.65. The molecular formula is C26H27F3O. The number of rotatable bonds is 7. The summed E-state index contributed by atoms with van der Waals surface area (Å²) in [6.45, 7) is 8.96. The molecule has 1 aliphatic rings. The smallest absolute Gasteiger partial charge is 0.166 e. The van der Waals surface area contributed by atoms with Crippen LogP contribution in [0.5, 0.6) is 0 Å². The van der Waals surface area contributed by atoms with Crippen molar-refractivity contribution in [1.82, 2.24) is 0 Å². The van der Waals surface area contributed by atoms with Gasteiger partial charge in [0, 0.05) is 5.56 Å². The molecule has 0 spiro atoms. The van der Waals surface area contributed by atoms with Gasteiger partial charge in [-0.2, -0.15) is 0 Å². The number of ether oxygens (including phenoxy) is 1. The number of hydrogen-bond acceptors (Lipinski definition) is 1. The molecule has 0 radical (unpaired) electrons. The Hall–Kier alpha value is -2.75. The van der Waals surface area contributed by atoms with Gasteiger partial charge in [0.2, 0.25) is 0 Å². The first-order valence-corrected chi connectivity index (χ1v) is 10.3. The van der Waals surface area contributed by atoms with E-state index < -0.39 is 17.5 Å². The zero-order valence-electron chi connectivity index (χ0n) is 17.3. The second-order valence-electron chi connectivity index (χ2n) is 7.91. The van der Waals surface area contributed by atoms with Crippen LogP contribution in [-0.4, -0.2) is 0 Å². The van der Waals surface area contributed by atoms with Crippen LogP contribution < -0.4 is 0 Å². The molecule has 0 atom stereocenters. The molecule has 1 aliphatic carbocycles. The Morgan fingerprint density at radius 2 is 1.67 bits per heavy atom. The third kappa shape index (κ3) is 5.24. The highest BCUT2D eigenvalue weighted by Gasteiger charge is 2.22. The first kappa shape index (κ1) is 21.9. The maximum absolute atomic E-state index is 14.8. The van der Waals surface area contributed by atoms with Crippen molar-refractivity contribution in [3.8, 4) is 11.1 Å². The van der Waals surface area contributed by atoms with Gasteiger partial charge in [0.1, 0.15) is 12.4 Å². The Morgan fingerprint density at radius 1 is 1.00 bits per heavy atom. The maximum Gasteiger partial charge on any atom is 0.166 e. The van der Waals surface area contributed by atoms with Gasteiger partial charge in [-0.15, -0.1) is 0 Å². The summed E-state index contributed by atoms with van der Waals surface area (Å²) in [7, 11) is 0. The predicted octanol–water partition coefficient (Wildman–Crippen LogP) is 8.14. The third-order valence-electron chi connectivity index (χ3n) is 5.47. The minimum Gasteiger partial charge on any atom is -0.486 e. The van der Waals surface area contributed by atoms with Crippen molar-refractivity contribution in [3.63, 3.8) is 0 Å². The van der Waals surface area contributed by atoms with E-state index in [4.69, 9.17) is 4.74 Å². The maximum atomic E-state index is 14.8. The quantitative estimate of drug-likeness (QED) is 0.329. The van der Waals surface area contributed by atoms with Gasteiger partial charge in [-0.3, -0.25) is 0 Å². The van der Waals surface area contributed by atoms with Crippen molar-refractivity contribution in [1.29, 1.82) is 0 Å². The average Bonchev–Trinajstić information content (AvgIpc) is 2.74. The lowest BCUT2D eigenvalue weighted by Gasteiger charge is -2.23. The fraction of sp³-hybridized carbons (Fsp3) is 0.308. The summed E-state index contributed by atoms with van der Waals surface area (Å²) in [6.07, 6.45) is 6.38. The zero-order valence-corrected chi connectivity index (χ0v) is 17.3. The number of halogens is 3. The second kappa shape index (κ2) is 9.84. The van der Waals surface area contributed by atoms with Crippen LogP contribution in [0.3, 0.4) is 0 Å². The van der Waals surface area contributed by atoms with Crippen molar-refractivity contribution in [2.75, 3.05) is 0 Å². The Balaban J connectivity index is 1.71. The Kier molecular flexibility index (Phi) is 7.20. The molecule has 0 aliphatic heterocycles. The van der Waals surface area contributed by atoms with Crippen molar-refractivity contribution in [2.24, 2.45) is 0 Å².